The summed E-state index contributed by atoms with van der Waals surface area (Å²) in [5, 5.41) is 1.99. The zero-order valence-corrected chi connectivity index (χ0v) is 15.3. The molecule has 0 unspecified atom stereocenters. The van der Waals surface area contributed by atoms with Crippen molar-refractivity contribution in [2.24, 2.45) is 7.05 Å². The van der Waals surface area contributed by atoms with Gasteiger partial charge >= 0.3 is 0 Å². The summed E-state index contributed by atoms with van der Waals surface area (Å²) >= 11 is 1.61. The van der Waals surface area contributed by atoms with Crippen LogP contribution in [0, 0.1) is 0 Å². The number of fused-ring (bicyclic) bond motifs is 1. The predicted octanol–water partition coefficient (Wildman–Crippen LogP) is 4.22. The predicted molar refractivity (Wildman–Crippen MR) is 106 cm³/mol. The lowest BCUT2D eigenvalue weighted by Crippen LogP contribution is -1.96. The average molecular weight is 370 g/mol. The first-order valence-corrected chi connectivity index (χ1v) is 9.22. The fourth-order valence-corrected chi connectivity index (χ4v) is 3.87. The van der Waals surface area contributed by atoms with Crippen LogP contribution in [0.2, 0.25) is 0 Å². The van der Waals surface area contributed by atoms with E-state index >= 15 is 0 Å². The van der Waals surface area contributed by atoms with Crippen molar-refractivity contribution in [1.82, 2.24) is 29.5 Å². The third-order valence-corrected chi connectivity index (χ3v) is 5.41. The molecule has 0 bridgehead atoms. The number of aromatic nitrogens is 6. The average Bonchev–Trinajstić information content (AvgIpc) is 3.35. The number of aryl methyl sites for hydroxylation is 1. The minimum absolute atomic E-state index is 0.691. The Morgan fingerprint density at radius 3 is 2.63 bits per heavy atom. The number of nitrogens with zero attached hydrogens (tertiary/aromatic N) is 6. The summed E-state index contributed by atoms with van der Waals surface area (Å²) in [5.74, 6) is 0.691. The normalized spacial score (nSPS) is 11.1. The largest absolute Gasteiger partial charge is 0.326 e. The number of hydrogen-bond acceptors (Lipinski definition) is 6. The SMILES string of the molecule is Cn1c(-c2ncccn2)cc2ccc(-c3cnc(-c4cccnc4)s3)nc21. The Morgan fingerprint density at radius 1 is 0.926 bits per heavy atom. The maximum absolute atomic E-state index is 4.86. The van der Waals surface area contributed by atoms with Crippen molar-refractivity contribution in [1.29, 1.82) is 0 Å². The van der Waals surface area contributed by atoms with Gasteiger partial charge in [0.15, 0.2) is 5.82 Å². The Balaban J connectivity index is 1.58. The molecule has 0 spiro atoms. The van der Waals surface area contributed by atoms with Crippen LogP contribution >= 0.6 is 11.3 Å². The van der Waals surface area contributed by atoms with Crippen LogP contribution in [-0.2, 0) is 7.05 Å². The fourth-order valence-electron chi connectivity index (χ4n) is 3.00. The molecule has 7 heteroatoms. The second-order valence-corrected chi connectivity index (χ2v) is 7.07. The number of pyridine rings is 2. The molecule has 130 valence electrons. The Kier molecular flexibility index (Phi) is 3.72. The lowest BCUT2D eigenvalue weighted by molar-refractivity contribution is 0.940. The number of thiazole rings is 1. The van der Waals surface area contributed by atoms with Crippen LogP contribution in [0.25, 0.3) is 43.7 Å². The first-order valence-electron chi connectivity index (χ1n) is 8.40. The molecule has 5 heterocycles. The Bertz CT molecular complexity index is 1230. The molecule has 0 saturated heterocycles. The van der Waals surface area contributed by atoms with Gasteiger partial charge in [0.2, 0.25) is 0 Å². The van der Waals surface area contributed by atoms with Crippen molar-refractivity contribution in [2.45, 2.75) is 0 Å². The van der Waals surface area contributed by atoms with Crippen molar-refractivity contribution in [3.8, 4) is 32.7 Å². The van der Waals surface area contributed by atoms with E-state index in [0.717, 1.165) is 37.9 Å². The monoisotopic (exact) mass is 370 g/mol. The summed E-state index contributed by atoms with van der Waals surface area (Å²) < 4.78 is 2.03. The van der Waals surface area contributed by atoms with Gasteiger partial charge in [0.25, 0.3) is 0 Å². The lowest BCUT2D eigenvalue weighted by Gasteiger charge is -2.02. The molecule has 0 aliphatic carbocycles. The van der Waals surface area contributed by atoms with Gasteiger partial charge in [0.1, 0.15) is 10.7 Å². The highest BCUT2D eigenvalue weighted by Crippen LogP contribution is 2.32. The molecule has 0 atom stereocenters. The van der Waals surface area contributed by atoms with Gasteiger partial charge in [-0.2, -0.15) is 0 Å². The molecule has 0 N–H and O–H groups in total. The van der Waals surface area contributed by atoms with E-state index in [1.807, 2.05) is 48.3 Å². The van der Waals surface area contributed by atoms with Crippen LogP contribution in [0.4, 0.5) is 0 Å². The van der Waals surface area contributed by atoms with Gasteiger partial charge in [0.05, 0.1) is 16.3 Å². The summed E-state index contributed by atoms with van der Waals surface area (Å²) in [7, 11) is 1.98. The van der Waals surface area contributed by atoms with Crippen molar-refractivity contribution < 1.29 is 0 Å². The van der Waals surface area contributed by atoms with Crippen LogP contribution in [0.3, 0.4) is 0 Å². The number of rotatable bonds is 3. The van der Waals surface area contributed by atoms with Crippen LogP contribution < -0.4 is 0 Å². The quantitative estimate of drug-likeness (QED) is 0.476. The first-order chi connectivity index (χ1) is 13.3. The molecule has 0 saturated carbocycles. The summed E-state index contributed by atoms with van der Waals surface area (Å²) in [4.78, 5) is 23.3. The van der Waals surface area contributed by atoms with Crippen molar-refractivity contribution in [2.75, 3.05) is 0 Å². The summed E-state index contributed by atoms with van der Waals surface area (Å²) in [6, 6.07) is 11.9. The molecule has 5 aromatic heterocycles. The second-order valence-electron chi connectivity index (χ2n) is 6.04. The topological polar surface area (TPSA) is 69.4 Å². The van der Waals surface area contributed by atoms with E-state index in [4.69, 9.17) is 4.98 Å². The lowest BCUT2D eigenvalue weighted by atomic mass is 10.2. The van der Waals surface area contributed by atoms with Crippen LogP contribution in [-0.4, -0.2) is 29.5 Å². The van der Waals surface area contributed by atoms with E-state index in [0.29, 0.717) is 5.82 Å². The van der Waals surface area contributed by atoms with E-state index in [-0.39, 0.29) is 0 Å². The Labute approximate surface area is 159 Å². The minimum Gasteiger partial charge on any atom is -0.326 e. The molecule has 6 nitrogen and oxygen atoms in total. The Hall–Kier alpha value is -3.45. The minimum atomic E-state index is 0.691. The van der Waals surface area contributed by atoms with Crippen molar-refractivity contribution in [3.63, 3.8) is 0 Å². The van der Waals surface area contributed by atoms with E-state index < -0.39 is 0 Å². The third-order valence-electron chi connectivity index (χ3n) is 4.34. The third kappa shape index (κ3) is 2.78. The van der Waals surface area contributed by atoms with E-state index in [9.17, 15) is 0 Å². The standard InChI is InChI=1S/C20H14N6S/c1-26-16(18-22-8-3-9-23-18)10-13-5-6-15(25-19(13)26)17-12-24-20(27-17)14-4-2-7-21-11-14/h2-12H,1H3. The fraction of sp³-hybridized carbons (Fsp3) is 0.0500. The summed E-state index contributed by atoms with van der Waals surface area (Å²) in [5.41, 5.74) is 3.75. The van der Waals surface area contributed by atoms with Gasteiger partial charge in [-0.15, -0.1) is 11.3 Å². The molecule has 5 rings (SSSR count). The van der Waals surface area contributed by atoms with Crippen LogP contribution in [0.1, 0.15) is 0 Å². The molecule has 0 aromatic carbocycles. The number of hydrogen-bond donors (Lipinski definition) is 0. The summed E-state index contributed by atoms with van der Waals surface area (Å²) in [6.07, 6.45) is 8.94. The molecular formula is C20H14N6S. The highest BCUT2D eigenvalue weighted by molar-refractivity contribution is 7.18. The molecular weight excluding hydrogens is 356 g/mol. The molecule has 27 heavy (non-hydrogen) atoms. The maximum Gasteiger partial charge on any atom is 0.176 e. The van der Waals surface area contributed by atoms with E-state index in [1.54, 1.807) is 29.9 Å². The van der Waals surface area contributed by atoms with E-state index in [2.05, 4.69) is 32.1 Å². The maximum atomic E-state index is 4.86. The first kappa shape index (κ1) is 15.8. The molecule has 0 aliphatic heterocycles. The zero-order valence-electron chi connectivity index (χ0n) is 14.4. The molecule has 0 aliphatic rings. The molecule has 0 fully saturated rings. The second kappa shape index (κ2) is 6.37. The highest BCUT2D eigenvalue weighted by atomic mass is 32.1. The molecule has 5 aromatic rings. The van der Waals surface area contributed by atoms with Gasteiger partial charge in [-0.05, 0) is 36.4 Å². The van der Waals surface area contributed by atoms with Gasteiger partial charge in [-0.1, -0.05) is 0 Å². The van der Waals surface area contributed by atoms with Crippen LogP contribution in [0.5, 0.6) is 0 Å². The van der Waals surface area contributed by atoms with Crippen molar-refractivity contribution in [3.05, 3.63) is 67.4 Å². The highest BCUT2D eigenvalue weighted by Gasteiger charge is 2.13. The van der Waals surface area contributed by atoms with Gasteiger partial charge in [0, 0.05) is 49.0 Å². The Morgan fingerprint density at radius 2 is 1.81 bits per heavy atom. The van der Waals surface area contributed by atoms with Crippen LogP contribution in [0.15, 0.2) is 67.4 Å². The van der Waals surface area contributed by atoms with Crippen molar-refractivity contribution >= 4 is 22.4 Å². The van der Waals surface area contributed by atoms with E-state index in [1.165, 1.54) is 0 Å². The zero-order chi connectivity index (χ0) is 18.2. The molecule has 0 radical (unpaired) electrons. The smallest absolute Gasteiger partial charge is 0.176 e. The molecule has 0 amide bonds. The summed E-state index contributed by atoms with van der Waals surface area (Å²) in [6.45, 7) is 0. The van der Waals surface area contributed by atoms with Gasteiger partial charge in [-0.3, -0.25) is 4.98 Å². The van der Waals surface area contributed by atoms with Gasteiger partial charge in [-0.25, -0.2) is 19.9 Å². The van der Waals surface area contributed by atoms with Gasteiger partial charge < -0.3 is 4.57 Å².